The van der Waals surface area contributed by atoms with Crippen molar-refractivity contribution in [2.24, 2.45) is 0 Å². The molecule has 0 unspecified atom stereocenters. The Hall–Kier alpha value is 3.50. The number of hydrogen-bond donors (Lipinski definition) is 0. The van der Waals surface area contributed by atoms with Gasteiger partial charge in [0.1, 0.15) is 0 Å². The molecule has 0 aliphatic carbocycles. The molecular formula is H4BaCaHfO. The van der Waals surface area contributed by atoms with Gasteiger partial charge < -0.3 is 0 Å². The molecule has 4 heavy (non-hydrogen) atoms. The summed E-state index contributed by atoms with van der Waals surface area (Å²) in [5.41, 5.74) is 0. The average molecular weight is 376 g/mol. The number of hydrogen-bond acceptors (Lipinski definition) is 1. The SMILES string of the molecule is [BaH2].[CaH2].[O]=[Hf]. The fourth-order valence-electron chi connectivity index (χ4n) is 0. The second-order valence-electron chi connectivity index (χ2n) is 0. The zero-order valence-corrected chi connectivity index (χ0v) is 4.50. The van der Waals surface area contributed by atoms with Crippen molar-refractivity contribution >= 4 is 86.6 Å². The van der Waals surface area contributed by atoms with Gasteiger partial charge in [-0.25, -0.2) is 0 Å². The van der Waals surface area contributed by atoms with Crippen molar-refractivity contribution in [3.8, 4) is 0 Å². The molecule has 0 N–H and O–H groups in total. The van der Waals surface area contributed by atoms with Crippen LogP contribution in [0, 0.1) is 0 Å². The van der Waals surface area contributed by atoms with Gasteiger partial charge in [-0.1, -0.05) is 0 Å². The first-order chi connectivity index (χ1) is 1.00. The minimum atomic E-state index is 0. The van der Waals surface area contributed by atoms with E-state index in [-0.39, 0.29) is 111 Å². The first-order valence-corrected chi connectivity index (χ1v) is 1.67. The molecule has 0 rings (SSSR count). The van der Waals surface area contributed by atoms with Crippen LogP contribution in [0.3, 0.4) is 0 Å². The summed E-state index contributed by atoms with van der Waals surface area (Å²) in [5, 5.41) is 0. The molecule has 0 aliphatic heterocycles. The second-order valence-corrected chi connectivity index (χ2v) is 0. The maximum absolute atomic E-state index is 8.39. The Balaban J connectivity index is -0.00000000500. The van der Waals surface area contributed by atoms with Crippen LogP contribution in [0.15, 0.2) is 0 Å². The summed E-state index contributed by atoms with van der Waals surface area (Å²) < 4.78 is 8.39. The standard InChI is InChI=1S/Ba.Ca.Hf.O.4H. The van der Waals surface area contributed by atoms with Crippen LogP contribution in [0.2, 0.25) is 0 Å². The maximum atomic E-state index is 8.39. The van der Waals surface area contributed by atoms with Gasteiger partial charge in [-0.05, 0) is 0 Å². The van der Waals surface area contributed by atoms with Gasteiger partial charge in [-0.15, -0.1) is 0 Å². The third-order valence-electron chi connectivity index (χ3n) is 0. The van der Waals surface area contributed by atoms with Gasteiger partial charge in [-0.3, -0.25) is 0 Å². The van der Waals surface area contributed by atoms with Gasteiger partial charge >= 0.3 is 114 Å². The summed E-state index contributed by atoms with van der Waals surface area (Å²) in [5.74, 6) is 0. The van der Waals surface area contributed by atoms with Crippen molar-refractivity contribution < 1.29 is 27.2 Å². The van der Waals surface area contributed by atoms with Crippen LogP contribution < -0.4 is 0 Å². The molecular weight excluding hydrogens is 372 g/mol. The Kier molecular flexibility index (Phi) is 62.8. The first kappa shape index (κ1) is 15.6. The minimum absolute atomic E-state index is 0. The van der Waals surface area contributed by atoms with E-state index in [2.05, 4.69) is 0 Å². The predicted molar refractivity (Wildman–Crippen MR) is 17.8 cm³/mol. The summed E-state index contributed by atoms with van der Waals surface area (Å²) in [6.07, 6.45) is 0. The van der Waals surface area contributed by atoms with Crippen LogP contribution in [0.25, 0.3) is 0 Å². The molecule has 0 aromatic heterocycles. The van der Waals surface area contributed by atoms with Crippen LogP contribution in [0.4, 0.5) is 0 Å². The van der Waals surface area contributed by atoms with Crippen LogP contribution >= 0.6 is 0 Å². The molecule has 0 amide bonds. The summed E-state index contributed by atoms with van der Waals surface area (Å²) >= 11 is 0.0556. The van der Waals surface area contributed by atoms with Crippen molar-refractivity contribution in [2.75, 3.05) is 0 Å². The molecule has 4 heteroatoms. The van der Waals surface area contributed by atoms with E-state index < -0.39 is 0 Å². The van der Waals surface area contributed by atoms with Crippen LogP contribution in [0.5, 0.6) is 0 Å². The molecule has 0 saturated carbocycles. The van der Waals surface area contributed by atoms with Crippen molar-refractivity contribution in [3.63, 3.8) is 0 Å². The van der Waals surface area contributed by atoms with Gasteiger partial charge in [0.05, 0.1) is 0 Å². The molecule has 1 nitrogen and oxygen atoms in total. The quantitative estimate of drug-likeness (QED) is 0.450. The first-order valence-electron chi connectivity index (χ1n) is 0.204. The Morgan fingerprint density at radius 3 is 1.25 bits per heavy atom. The van der Waals surface area contributed by atoms with E-state index in [4.69, 9.17) is 2.85 Å². The zero-order chi connectivity index (χ0) is 2.00. The fourth-order valence-corrected chi connectivity index (χ4v) is 0. The van der Waals surface area contributed by atoms with Crippen molar-refractivity contribution in [2.45, 2.75) is 0 Å². The third-order valence-corrected chi connectivity index (χ3v) is 0. The summed E-state index contributed by atoms with van der Waals surface area (Å²) in [4.78, 5) is 0. The third kappa shape index (κ3) is 9.09. The average Bonchev–Trinajstić information content (AvgIpc) is 1.00. The predicted octanol–water partition coefficient (Wildman–Crippen LogP) is -1.95. The molecule has 0 heterocycles. The molecule has 0 fully saturated rings. The van der Waals surface area contributed by atoms with E-state index >= 15 is 0 Å². The summed E-state index contributed by atoms with van der Waals surface area (Å²) in [7, 11) is 0. The molecule has 0 aliphatic rings. The van der Waals surface area contributed by atoms with Crippen molar-refractivity contribution in [1.29, 1.82) is 0 Å². The Bertz CT molecular complexity index is 8.00. The molecule has 0 saturated heterocycles. The van der Waals surface area contributed by atoms with Gasteiger partial charge in [0.15, 0.2) is 0 Å². The van der Waals surface area contributed by atoms with E-state index in [1.54, 1.807) is 0 Å². The van der Waals surface area contributed by atoms with Gasteiger partial charge in [-0.2, -0.15) is 0 Å². The zero-order valence-electron chi connectivity index (χ0n) is 0.908. The monoisotopic (exact) mass is 378 g/mol. The van der Waals surface area contributed by atoms with Crippen LogP contribution in [-0.2, 0) is 27.2 Å². The van der Waals surface area contributed by atoms with E-state index in [1.807, 2.05) is 0 Å². The topological polar surface area (TPSA) is 17.1 Å². The summed E-state index contributed by atoms with van der Waals surface area (Å²) in [6, 6.07) is 0. The fraction of sp³-hybridized carbons (Fsp3) is 0. The molecule has 0 spiro atoms. The Labute approximate surface area is 110 Å². The molecule has 0 radical (unpaired) electrons. The van der Waals surface area contributed by atoms with E-state index in [0.717, 1.165) is 0 Å². The van der Waals surface area contributed by atoms with Gasteiger partial charge in [0.2, 0.25) is 0 Å². The van der Waals surface area contributed by atoms with E-state index in [9.17, 15) is 0 Å². The molecule has 0 atom stereocenters. The second kappa shape index (κ2) is 16.0. The summed E-state index contributed by atoms with van der Waals surface area (Å²) in [6.45, 7) is 0. The number of rotatable bonds is 0. The van der Waals surface area contributed by atoms with E-state index in [1.165, 1.54) is 0 Å². The Morgan fingerprint density at radius 1 is 1.25 bits per heavy atom. The normalized spacial score (nSPS) is 0.750. The van der Waals surface area contributed by atoms with Crippen LogP contribution in [-0.4, -0.2) is 86.6 Å². The van der Waals surface area contributed by atoms with Crippen LogP contribution in [0.1, 0.15) is 0 Å². The molecule has 0 bridgehead atoms. The molecule has 0 aromatic rings. The van der Waals surface area contributed by atoms with Gasteiger partial charge in [0.25, 0.3) is 0 Å². The molecule has 0 aromatic carbocycles. The Morgan fingerprint density at radius 2 is 1.25 bits per heavy atom. The molecule has 18 valence electrons. The van der Waals surface area contributed by atoms with E-state index in [0.29, 0.717) is 0 Å². The van der Waals surface area contributed by atoms with Crippen molar-refractivity contribution in [1.82, 2.24) is 0 Å². The van der Waals surface area contributed by atoms with Crippen molar-refractivity contribution in [3.05, 3.63) is 0 Å². The van der Waals surface area contributed by atoms with Gasteiger partial charge in [0, 0.05) is 0 Å².